The number of pyridine rings is 2. The highest BCUT2D eigenvalue weighted by atomic mass is 19.4. The zero-order valence-corrected chi connectivity index (χ0v) is 14.0. The molecule has 2 aromatic heterocycles. The summed E-state index contributed by atoms with van der Waals surface area (Å²) in [6.45, 7) is 0.492. The molecule has 1 aromatic carbocycles. The van der Waals surface area contributed by atoms with Crippen molar-refractivity contribution in [2.24, 2.45) is 0 Å². The molecule has 0 fully saturated rings. The molecule has 0 aliphatic heterocycles. The molecular weight excluding hydrogens is 357 g/mol. The lowest BCUT2D eigenvalue weighted by atomic mass is 10.1. The molecule has 8 heteroatoms. The number of halogens is 3. The molecule has 0 unspecified atom stereocenters. The SMILES string of the molecule is O=C(Nc1ccccc1C(F)(F)F)c1cncc(NCc2ccncc2)c1. The number of alkyl halides is 3. The molecule has 0 radical (unpaired) electrons. The summed E-state index contributed by atoms with van der Waals surface area (Å²) in [5.74, 6) is -0.674. The molecular formula is C19H15F3N4O. The molecule has 2 heterocycles. The van der Waals surface area contributed by atoms with E-state index in [0.29, 0.717) is 12.2 Å². The number of carbonyl (C=O) groups is 1. The van der Waals surface area contributed by atoms with Gasteiger partial charge in [-0.05, 0) is 35.9 Å². The highest BCUT2D eigenvalue weighted by Crippen LogP contribution is 2.34. The van der Waals surface area contributed by atoms with E-state index in [1.165, 1.54) is 36.7 Å². The third kappa shape index (κ3) is 4.81. The van der Waals surface area contributed by atoms with E-state index in [-0.39, 0.29) is 11.3 Å². The topological polar surface area (TPSA) is 66.9 Å². The van der Waals surface area contributed by atoms with E-state index >= 15 is 0 Å². The van der Waals surface area contributed by atoms with Crippen LogP contribution in [0.5, 0.6) is 0 Å². The summed E-state index contributed by atoms with van der Waals surface area (Å²) in [6, 6.07) is 10.0. The minimum Gasteiger partial charge on any atom is -0.380 e. The number of nitrogens with one attached hydrogen (secondary N) is 2. The zero-order valence-electron chi connectivity index (χ0n) is 14.0. The van der Waals surface area contributed by atoms with Gasteiger partial charge < -0.3 is 10.6 Å². The van der Waals surface area contributed by atoms with Gasteiger partial charge in [0.05, 0.1) is 22.5 Å². The molecule has 3 rings (SSSR count). The maximum Gasteiger partial charge on any atom is 0.418 e. The molecule has 0 aliphatic carbocycles. The lowest BCUT2D eigenvalue weighted by Crippen LogP contribution is -2.17. The normalized spacial score (nSPS) is 11.1. The molecule has 3 aromatic rings. The Balaban J connectivity index is 1.73. The van der Waals surface area contributed by atoms with Crippen molar-refractivity contribution in [3.63, 3.8) is 0 Å². The first-order valence-corrected chi connectivity index (χ1v) is 7.99. The highest BCUT2D eigenvalue weighted by molar-refractivity contribution is 6.05. The zero-order chi connectivity index (χ0) is 19.3. The van der Waals surface area contributed by atoms with Crippen molar-refractivity contribution in [3.05, 3.63) is 83.9 Å². The maximum absolute atomic E-state index is 13.0. The number of amides is 1. The van der Waals surface area contributed by atoms with Crippen molar-refractivity contribution >= 4 is 17.3 Å². The van der Waals surface area contributed by atoms with Gasteiger partial charge in [0.1, 0.15) is 0 Å². The van der Waals surface area contributed by atoms with Crippen LogP contribution in [0.25, 0.3) is 0 Å². The van der Waals surface area contributed by atoms with Gasteiger partial charge in [0, 0.05) is 31.3 Å². The number of rotatable bonds is 5. The summed E-state index contributed by atoms with van der Waals surface area (Å²) in [4.78, 5) is 20.3. The Morgan fingerprint density at radius 1 is 1.00 bits per heavy atom. The van der Waals surface area contributed by atoms with Gasteiger partial charge in [0.15, 0.2) is 0 Å². The van der Waals surface area contributed by atoms with Crippen LogP contribution in [0.3, 0.4) is 0 Å². The summed E-state index contributed by atoms with van der Waals surface area (Å²) >= 11 is 0. The minimum absolute atomic E-state index is 0.145. The summed E-state index contributed by atoms with van der Waals surface area (Å²) in [5, 5.41) is 5.40. The van der Waals surface area contributed by atoms with Crippen LogP contribution in [0, 0.1) is 0 Å². The predicted molar refractivity (Wildman–Crippen MR) is 95.2 cm³/mol. The molecule has 27 heavy (non-hydrogen) atoms. The van der Waals surface area contributed by atoms with E-state index in [1.54, 1.807) is 12.4 Å². The lowest BCUT2D eigenvalue weighted by Gasteiger charge is -2.14. The van der Waals surface area contributed by atoms with Crippen LogP contribution in [-0.4, -0.2) is 15.9 Å². The van der Waals surface area contributed by atoms with Crippen LogP contribution in [0.2, 0.25) is 0 Å². The summed E-state index contributed by atoms with van der Waals surface area (Å²) in [6.07, 6.45) is 1.59. The second-order valence-electron chi connectivity index (χ2n) is 5.67. The Morgan fingerprint density at radius 2 is 1.74 bits per heavy atom. The largest absolute Gasteiger partial charge is 0.418 e. The number of benzene rings is 1. The molecule has 0 saturated carbocycles. The van der Waals surface area contributed by atoms with E-state index in [9.17, 15) is 18.0 Å². The number of anilines is 2. The number of carbonyl (C=O) groups excluding carboxylic acids is 1. The average Bonchev–Trinajstić information content (AvgIpc) is 2.67. The fourth-order valence-electron chi connectivity index (χ4n) is 2.40. The fourth-order valence-corrected chi connectivity index (χ4v) is 2.40. The Bertz CT molecular complexity index is 929. The summed E-state index contributed by atoms with van der Waals surface area (Å²) in [7, 11) is 0. The quantitative estimate of drug-likeness (QED) is 0.698. The predicted octanol–water partition coefficient (Wildman–Crippen LogP) is 4.36. The first kappa shape index (κ1) is 18.4. The van der Waals surface area contributed by atoms with E-state index in [2.05, 4.69) is 20.6 Å². The minimum atomic E-state index is -4.56. The van der Waals surface area contributed by atoms with Gasteiger partial charge in [-0.25, -0.2) is 0 Å². The molecule has 0 aliphatic rings. The van der Waals surface area contributed by atoms with Gasteiger partial charge in [-0.2, -0.15) is 13.2 Å². The molecule has 0 saturated heterocycles. The second kappa shape index (κ2) is 7.86. The highest BCUT2D eigenvalue weighted by Gasteiger charge is 2.33. The Morgan fingerprint density at radius 3 is 2.48 bits per heavy atom. The third-order valence-electron chi connectivity index (χ3n) is 3.73. The molecule has 0 atom stereocenters. The third-order valence-corrected chi connectivity index (χ3v) is 3.73. The standard InChI is InChI=1S/C19H15F3N4O/c20-19(21,22)16-3-1-2-4-17(16)26-18(27)14-9-15(12-24-11-14)25-10-13-5-7-23-8-6-13/h1-9,11-12,25H,10H2,(H,26,27). The van der Waals surface area contributed by atoms with E-state index < -0.39 is 17.6 Å². The summed E-state index contributed by atoms with van der Waals surface area (Å²) in [5.41, 5.74) is 0.498. The average molecular weight is 372 g/mol. The van der Waals surface area contributed by atoms with Crippen LogP contribution < -0.4 is 10.6 Å². The van der Waals surface area contributed by atoms with Gasteiger partial charge in [-0.3, -0.25) is 14.8 Å². The Hall–Kier alpha value is -3.42. The molecule has 5 nitrogen and oxygen atoms in total. The van der Waals surface area contributed by atoms with Gasteiger partial charge in [0.2, 0.25) is 0 Å². The van der Waals surface area contributed by atoms with Crippen molar-refractivity contribution in [3.8, 4) is 0 Å². The molecule has 0 spiro atoms. The number of nitrogens with zero attached hydrogens (tertiary/aromatic N) is 2. The first-order chi connectivity index (χ1) is 12.9. The van der Waals surface area contributed by atoms with Gasteiger partial charge in [-0.1, -0.05) is 12.1 Å². The van der Waals surface area contributed by atoms with Crippen molar-refractivity contribution in [1.29, 1.82) is 0 Å². The summed E-state index contributed by atoms with van der Waals surface area (Å²) < 4.78 is 39.1. The van der Waals surface area contributed by atoms with Crippen molar-refractivity contribution in [2.45, 2.75) is 12.7 Å². The van der Waals surface area contributed by atoms with Crippen LogP contribution in [0.15, 0.2) is 67.3 Å². The van der Waals surface area contributed by atoms with Crippen LogP contribution in [-0.2, 0) is 12.7 Å². The second-order valence-corrected chi connectivity index (χ2v) is 5.67. The van der Waals surface area contributed by atoms with Crippen molar-refractivity contribution < 1.29 is 18.0 Å². The number of hydrogen-bond donors (Lipinski definition) is 2. The van der Waals surface area contributed by atoms with Crippen LogP contribution in [0.4, 0.5) is 24.5 Å². The Labute approximate surface area is 153 Å². The van der Waals surface area contributed by atoms with Crippen LogP contribution in [0.1, 0.15) is 21.5 Å². The number of para-hydroxylation sites is 1. The van der Waals surface area contributed by atoms with Crippen molar-refractivity contribution in [2.75, 3.05) is 10.6 Å². The fraction of sp³-hybridized carbons (Fsp3) is 0.105. The van der Waals surface area contributed by atoms with Crippen LogP contribution >= 0.6 is 0 Å². The monoisotopic (exact) mass is 372 g/mol. The number of hydrogen-bond acceptors (Lipinski definition) is 4. The Kier molecular flexibility index (Phi) is 5.35. The van der Waals surface area contributed by atoms with E-state index in [1.807, 2.05) is 12.1 Å². The van der Waals surface area contributed by atoms with Gasteiger partial charge in [-0.15, -0.1) is 0 Å². The molecule has 138 valence electrons. The van der Waals surface area contributed by atoms with E-state index in [4.69, 9.17) is 0 Å². The smallest absolute Gasteiger partial charge is 0.380 e. The first-order valence-electron chi connectivity index (χ1n) is 7.99. The molecule has 1 amide bonds. The van der Waals surface area contributed by atoms with Gasteiger partial charge >= 0.3 is 6.18 Å². The molecule has 2 N–H and O–H groups in total. The maximum atomic E-state index is 13.0. The molecule has 0 bridgehead atoms. The number of aromatic nitrogens is 2. The lowest BCUT2D eigenvalue weighted by molar-refractivity contribution is -0.136. The van der Waals surface area contributed by atoms with Gasteiger partial charge in [0.25, 0.3) is 5.91 Å². The van der Waals surface area contributed by atoms with E-state index in [0.717, 1.165) is 11.6 Å². The van der Waals surface area contributed by atoms with Crippen molar-refractivity contribution in [1.82, 2.24) is 9.97 Å².